The third kappa shape index (κ3) is 5.26. The fraction of sp³-hybridized carbons (Fsp3) is 0.273. The summed E-state index contributed by atoms with van der Waals surface area (Å²) < 4.78 is 6.82. The molecule has 1 heterocycles. The predicted octanol–water partition coefficient (Wildman–Crippen LogP) is 3.93. The first-order valence-corrected chi connectivity index (χ1v) is 9.61. The molecule has 0 unspecified atom stereocenters. The summed E-state index contributed by atoms with van der Waals surface area (Å²) in [6.07, 6.45) is 0. The third-order valence-electron chi connectivity index (χ3n) is 4.50. The second-order valence-electron chi connectivity index (χ2n) is 7.11. The van der Waals surface area contributed by atoms with Gasteiger partial charge in [-0.15, -0.1) is 10.2 Å². The lowest BCUT2D eigenvalue weighted by molar-refractivity contribution is -0.122. The smallest absolute Gasteiger partial charge is 0.304 e. The lowest BCUT2D eigenvalue weighted by atomic mass is 10.1. The molecule has 162 valence electrons. The van der Waals surface area contributed by atoms with Crippen LogP contribution in [-0.2, 0) is 16.3 Å². The fourth-order valence-electron chi connectivity index (χ4n) is 3.00. The third-order valence-corrected chi connectivity index (χ3v) is 4.50. The number of benzene rings is 2. The maximum absolute atomic E-state index is 12.1. The van der Waals surface area contributed by atoms with Gasteiger partial charge in [0, 0.05) is 5.39 Å². The van der Waals surface area contributed by atoms with E-state index in [0.29, 0.717) is 17.8 Å². The average Bonchev–Trinajstić information content (AvgIpc) is 3.03. The average molecular weight is 423 g/mol. The Morgan fingerprint density at radius 2 is 1.84 bits per heavy atom. The highest BCUT2D eigenvalue weighted by atomic mass is 16.6. The van der Waals surface area contributed by atoms with Crippen LogP contribution in [0.25, 0.3) is 10.9 Å². The highest BCUT2D eigenvalue weighted by Gasteiger charge is 2.17. The number of rotatable bonds is 8. The van der Waals surface area contributed by atoms with E-state index in [2.05, 4.69) is 15.4 Å². The van der Waals surface area contributed by atoms with Gasteiger partial charge in [-0.05, 0) is 56.9 Å². The number of carbonyl (C=O) groups excluding carboxylic acids is 1. The largest absolute Gasteiger partial charge is 0.497 e. The monoisotopic (exact) mass is 423 g/mol. The van der Waals surface area contributed by atoms with Crippen molar-refractivity contribution in [1.82, 2.24) is 9.47 Å². The maximum Gasteiger partial charge on any atom is 0.304 e. The SMILES string of the molecule is COc1ccc(C(C)=NOCC(=O)N=Nc2c(O)n(CN(C)C)c3ccccc23)cc1. The van der Waals surface area contributed by atoms with Gasteiger partial charge < -0.3 is 14.7 Å². The van der Waals surface area contributed by atoms with Gasteiger partial charge in [-0.3, -0.25) is 14.3 Å². The van der Waals surface area contributed by atoms with Gasteiger partial charge in [0.15, 0.2) is 12.3 Å². The van der Waals surface area contributed by atoms with E-state index in [-0.39, 0.29) is 18.2 Å². The van der Waals surface area contributed by atoms with Gasteiger partial charge in [0.2, 0.25) is 5.88 Å². The summed E-state index contributed by atoms with van der Waals surface area (Å²) in [6, 6.07) is 14.7. The summed E-state index contributed by atoms with van der Waals surface area (Å²) in [6.45, 7) is 1.86. The molecule has 0 aliphatic rings. The number of hydrogen-bond donors (Lipinski definition) is 1. The molecule has 1 aromatic heterocycles. The van der Waals surface area contributed by atoms with E-state index >= 15 is 0 Å². The Balaban J connectivity index is 1.68. The summed E-state index contributed by atoms with van der Waals surface area (Å²) in [5.74, 6) is 0.0686. The van der Waals surface area contributed by atoms with Crippen molar-refractivity contribution in [1.29, 1.82) is 0 Å². The van der Waals surface area contributed by atoms with E-state index in [9.17, 15) is 9.90 Å². The minimum absolute atomic E-state index is 0.0549. The zero-order valence-corrected chi connectivity index (χ0v) is 17.9. The van der Waals surface area contributed by atoms with Gasteiger partial charge in [-0.2, -0.15) is 0 Å². The van der Waals surface area contributed by atoms with Crippen LogP contribution in [0.5, 0.6) is 11.6 Å². The van der Waals surface area contributed by atoms with Gasteiger partial charge in [0.1, 0.15) is 5.75 Å². The van der Waals surface area contributed by atoms with E-state index in [4.69, 9.17) is 9.57 Å². The zero-order valence-electron chi connectivity index (χ0n) is 17.9. The molecule has 2 aromatic carbocycles. The van der Waals surface area contributed by atoms with Crippen LogP contribution in [0.3, 0.4) is 0 Å². The number of methoxy groups -OCH3 is 1. The number of hydrogen-bond acceptors (Lipinski definition) is 7. The van der Waals surface area contributed by atoms with Gasteiger partial charge in [0.05, 0.1) is 25.0 Å². The minimum Gasteiger partial charge on any atom is -0.497 e. The highest BCUT2D eigenvalue weighted by Crippen LogP contribution is 2.38. The normalized spacial score (nSPS) is 12.1. The Morgan fingerprint density at radius 3 is 2.52 bits per heavy atom. The molecule has 1 N–H and O–H groups in total. The summed E-state index contributed by atoms with van der Waals surface area (Å²) in [5.41, 5.74) is 2.49. The van der Waals surface area contributed by atoms with E-state index in [1.165, 1.54) is 0 Å². The van der Waals surface area contributed by atoms with Crippen molar-refractivity contribution in [2.24, 2.45) is 15.4 Å². The lowest BCUT2D eigenvalue weighted by Gasteiger charge is -2.12. The lowest BCUT2D eigenvalue weighted by Crippen LogP contribution is -2.16. The molecule has 0 bridgehead atoms. The molecule has 3 aromatic rings. The number of amides is 1. The van der Waals surface area contributed by atoms with Gasteiger partial charge in [0.25, 0.3) is 0 Å². The molecule has 31 heavy (non-hydrogen) atoms. The zero-order chi connectivity index (χ0) is 22.4. The van der Waals surface area contributed by atoms with Crippen molar-refractivity contribution < 1.29 is 19.5 Å². The molecule has 0 spiro atoms. The van der Waals surface area contributed by atoms with Crippen molar-refractivity contribution in [3.05, 3.63) is 54.1 Å². The van der Waals surface area contributed by atoms with Crippen LogP contribution in [-0.4, -0.2) is 54.0 Å². The highest BCUT2D eigenvalue weighted by molar-refractivity contribution is 5.98. The topological polar surface area (TPSA) is 101 Å². The Bertz CT molecular complexity index is 1120. The van der Waals surface area contributed by atoms with E-state index in [1.807, 2.05) is 67.5 Å². The van der Waals surface area contributed by atoms with Crippen molar-refractivity contribution in [3.63, 3.8) is 0 Å². The van der Waals surface area contributed by atoms with Crippen LogP contribution >= 0.6 is 0 Å². The molecule has 3 rings (SSSR count). The molecule has 0 aliphatic heterocycles. The molecule has 1 amide bonds. The van der Waals surface area contributed by atoms with Crippen molar-refractivity contribution in [3.8, 4) is 11.6 Å². The predicted molar refractivity (Wildman–Crippen MR) is 118 cm³/mol. The second-order valence-corrected chi connectivity index (χ2v) is 7.11. The maximum atomic E-state index is 12.1. The number of oxime groups is 1. The second kappa shape index (κ2) is 9.86. The Hall–Kier alpha value is -3.72. The molecule has 0 fully saturated rings. The van der Waals surface area contributed by atoms with Crippen molar-refractivity contribution in [2.45, 2.75) is 13.6 Å². The Kier molecular flexibility index (Phi) is 6.99. The minimum atomic E-state index is -0.616. The summed E-state index contributed by atoms with van der Waals surface area (Å²) in [5, 5.41) is 22.9. The molecule has 0 atom stereocenters. The van der Waals surface area contributed by atoms with Crippen LogP contribution in [0, 0.1) is 0 Å². The number of fused-ring (bicyclic) bond motifs is 1. The first-order chi connectivity index (χ1) is 14.9. The molecular weight excluding hydrogens is 398 g/mol. The molecular formula is C22H25N5O4. The Morgan fingerprint density at radius 1 is 1.13 bits per heavy atom. The first-order valence-electron chi connectivity index (χ1n) is 9.61. The number of nitrogens with zero attached hydrogens (tertiary/aromatic N) is 5. The number of ether oxygens (including phenoxy) is 1. The summed E-state index contributed by atoms with van der Waals surface area (Å²) in [4.78, 5) is 19.1. The molecule has 0 radical (unpaired) electrons. The van der Waals surface area contributed by atoms with Crippen LogP contribution in [0.4, 0.5) is 5.69 Å². The number of aromatic nitrogens is 1. The van der Waals surface area contributed by atoms with E-state index in [0.717, 1.165) is 16.8 Å². The molecule has 0 saturated carbocycles. The summed E-state index contributed by atoms with van der Waals surface area (Å²) in [7, 11) is 5.38. The van der Waals surface area contributed by atoms with Crippen LogP contribution in [0.2, 0.25) is 0 Å². The molecule has 0 saturated heterocycles. The fourth-order valence-corrected chi connectivity index (χ4v) is 3.00. The first kappa shape index (κ1) is 22.0. The molecule has 9 nitrogen and oxygen atoms in total. The van der Waals surface area contributed by atoms with E-state index in [1.54, 1.807) is 18.6 Å². The van der Waals surface area contributed by atoms with Crippen molar-refractivity contribution in [2.75, 3.05) is 27.8 Å². The van der Waals surface area contributed by atoms with Crippen LogP contribution < -0.4 is 4.74 Å². The number of aromatic hydroxyl groups is 1. The summed E-state index contributed by atoms with van der Waals surface area (Å²) >= 11 is 0. The van der Waals surface area contributed by atoms with Crippen LogP contribution in [0.1, 0.15) is 12.5 Å². The number of azo groups is 1. The number of carbonyl (C=O) groups is 1. The standard InChI is InChI=1S/C22H25N5O4/c1-15(16-9-11-17(30-4)12-10-16)25-31-13-20(28)23-24-21-18-7-5-6-8-19(18)27(22(21)29)14-26(2)3/h5-12,29H,13-14H2,1-4H3. The van der Waals surface area contributed by atoms with E-state index < -0.39 is 5.91 Å². The molecule has 0 aliphatic carbocycles. The van der Waals surface area contributed by atoms with Gasteiger partial charge in [-0.25, -0.2) is 0 Å². The Labute approximate surface area is 180 Å². The number of para-hydroxylation sites is 1. The van der Waals surface area contributed by atoms with Crippen LogP contribution in [0.15, 0.2) is 63.9 Å². The van der Waals surface area contributed by atoms with Gasteiger partial charge in [-0.1, -0.05) is 23.4 Å². The molecule has 9 heteroatoms. The van der Waals surface area contributed by atoms with Crippen molar-refractivity contribution >= 4 is 28.2 Å². The van der Waals surface area contributed by atoms with Gasteiger partial charge >= 0.3 is 5.91 Å². The quantitative estimate of drug-likeness (QED) is 0.336.